The van der Waals surface area contributed by atoms with E-state index in [2.05, 4.69) is 0 Å². The van der Waals surface area contributed by atoms with Crippen molar-refractivity contribution in [1.82, 2.24) is 0 Å². The fourth-order valence-corrected chi connectivity index (χ4v) is 2.22. The molecule has 7 nitrogen and oxygen atoms in total. The minimum absolute atomic E-state index is 0.0245. The molecular formula is C16H18O7. The third kappa shape index (κ3) is 5.07. The van der Waals surface area contributed by atoms with E-state index in [0.717, 1.165) is 0 Å². The molecule has 1 aliphatic heterocycles. The molecule has 1 unspecified atom stereocenters. The summed E-state index contributed by atoms with van der Waals surface area (Å²) in [6.45, 7) is 2.47. The van der Waals surface area contributed by atoms with Crippen molar-refractivity contribution in [1.29, 1.82) is 0 Å². The van der Waals surface area contributed by atoms with Crippen molar-refractivity contribution in [2.24, 2.45) is 0 Å². The summed E-state index contributed by atoms with van der Waals surface area (Å²) >= 11 is 0. The second kappa shape index (κ2) is 7.73. The highest BCUT2D eigenvalue weighted by Crippen LogP contribution is 2.25. The van der Waals surface area contributed by atoms with Gasteiger partial charge >= 0.3 is 17.9 Å². The van der Waals surface area contributed by atoms with Crippen LogP contribution in [0.1, 0.15) is 30.6 Å². The molecule has 0 radical (unpaired) electrons. The number of benzene rings is 1. The van der Waals surface area contributed by atoms with Gasteiger partial charge in [-0.25, -0.2) is 4.79 Å². The Hall–Kier alpha value is -2.41. The van der Waals surface area contributed by atoms with E-state index in [1.807, 2.05) is 0 Å². The number of hydrogen-bond donors (Lipinski definition) is 0. The van der Waals surface area contributed by atoms with E-state index in [1.54, 1.807) is 30.3 Å². The van der Waals surface area contributed by atoms with Crippen LogP contribution in [0.4, 0.5) is 0 Å². The molecule has 23 heavy (non-hydrogen) atoms. The third-order valence-corrected chi connectivity index (χ3v) is 3.13. The van der Waals surface area contributed by atoms with Crippen molar-refractivity contribution in [3.8, 4) is 0 Å². The smallest absolute Gasteiger partial charge is 0.338 e. The predicted octanol–water partition coefficient (Wildman–Crippen LogP) is 1.45. The average molecular weight is 322 g/mol. The topological polar surface area (TPSA) is 88.1 Å². The van der Waals surface area contributed by atoms with Crippen LogP contribution in [0.3, 0.4) is 0 Å². The fraction of sp³-hybridized carbons (Fsp3) is 0.438. The molecule has 124 valence electrons. The summed E-state index contributed by atoms with van der Waals surface area (Å²) in [5.74, 6) is -1.53. The van der Waals surface area contributed by atoms with Crippen LogP contribution in [0.25, 0.3) is 0 Å². The van der Waals surface area contributed by atoms with Crippen LogP contribution >= 0.6 is 0 Å². The van der Waals surface area contributed by atoms with Gasteiger partial charge in [0.15, 0.2) is 6.10 Å². The largest absolute Gasteiger partial charge is 0.459 e. The van der Waals surface area contributed by atoms with Crippen LogP contribution in [0.5, 0.6) is 0 Å². The Kier molecular flexibility index (Phi) is 5.70. The number of ether oxygens (including phenoxy) is 4. The maximum atomic E-state index is 11.9. The van der Waals surface area contributed by atoms with E-state index < -0.39 is 36.4 Å². The molecule has 7 heteroatoms. The standard InChI is InChI=1S/C16H18O7/c1-10(17)21-14-8-13(23-16(14)22-11(2)18)9-20-15(19)12-6-4-3-5-7-12/h3-7,13-14,16H,8-9H2,1-2H3/t13-,14?,16-/m0/s1. The van der Waals surface area contributed by atoms with Gasteiger partial charge in [0, 0.05) is 20.3 Å². The Morgan fingerprint density at radius 2 is 1.74 bits per heavy atom. The van der Waals surface area contributed by atoms with Gasteiger partial charge in [0.1, 0.15) is 6.61 Å². The van der Waals surface area contributed by atoms with Crippen LogP contribution in [0.2, 0.25) is 0 Å². The molecule has 0 aliphatic carbocycles. The number of rotatable bonds is 5. The maximum absolute atomic E-state index is 11.9. The third-order valence-electron chi connectivity index (χ3n) is 3.13. The number of carbonyl (C=O) groups excluding carboxylic acids is 3. The highest BCUT2D eigenvalue weighted by Gasteiger charge is 2.40. The molecule has 3 atom stereocenters. The molecule has 1 heterocycles. The molecule has 1 aromatic rings. The first kappa shape index (κ1) is 17.0. The predicted molar refractivity (Wildman–Crippen MR) is 77.3 cm³/mol. The van der Waals surface area contributed by atoms with Gasteiger partial charge < -0.3 is 18.9 Å². The van der Waals surface area contributed by atoms with E-state index >= 15 is 0 Å². The summed E-state index contributed by atoms with van der Waals surface area (Å²) in [6, 6.07) is 8.54. The highest BCUT2D eigenvalue weighted by atomic mass is 16.7. The van der Waals surface area contributed by atoms with Gasteiger partial charge in [-0.2, -0.15) is 0 Å². The Bertz CT molecular complexity index is 545. The van der Waals surface area contributed by atoms with Gasteiger partial charge in [-0.3, -0.25) is 9.59 Å². The Labute approximate surface area is 133 Å². The first-order chi connectivity index (χ1) is 11.0. The van der Waals surface area contributed by atoms with Crippen LogP contribution in [-0.2, 0) is 28.5 Å². The lowest BCUT2D eigenvalue weighted by molar-refractivity contribution is -0.195. The summed E-state index contributed by atoms with van der Waals surface area (Å²) in [4.78, 5) is 34.0. The van der Waals surface area contributed by atoms with E-state index in [1.165, 1.54) is 13.8 Å². The zero-order valence-electron chi connectivity index (χ0n) is 12.9. The van der Waals surface area contributed by atoms with Crippen molar-refractivity contribution in [2.75, 3.05) is 6.61 Å². The zero-order valence-corrected chi connectivity index (χ0v) is 12.9. The van der Waals surface area contributed by atoms with Crippen LogP contribution in [0, 0.1) is 0 Å². The summed E-state index contributed by atoms with van der Waals surface area (Å²) in [5.41, 5.74) is 0.429. The summed E-state index contributed by atoms with van der Waals surface area (Å²) in [7, 11) is 0. The highest BCUT2D eigenvalue weighted by molar-refractivity contribution is 5.89. The van der Waals surface area contributed by atoms with Gasteiger partial charge in [0.2, 0.25) is 6.29 Å². The molecule has 0 amide bonds. The lowest BCUT2D eigenvalue weighted by Crippen LogP contribution is -2.30. The van der Waals surface area contributed by atoms with Gasteiger partial charge in [-0.05, 0) is 12.1 Å². The van der Waals surface area contributed by atoms with Crippen molar-refractivity contribution >= 4 is 17.9 Å². The molecule has 2 rings (SSSR count). The van der Waals surface area contributed by atoms with E-state index in [0.29, 0.717) is 5.56 Å². The zero-order chi connectivity index (χ0) is 16.8. The molecule has 1 aromatic carbocycles. The Morgan fingerprint density at radius 3 is 2.35 bits per heavy atom. The Morgan fingerprint density at radius 1 is 1.09 bits per heavy atom. The van der Waals surface area contributed by atoms with Crippen molar-refractivity contribution in [3.05, 3.63) is 35.9 Å². The maximum Gasteiger partial charge on any atom is 0.338 e. The summed E-state index contributed by atoms with van der Waals surface area (Å²) in [6.07, 6.45) is -1.94. The normalized spacial score (nSPS) is 23.1. The van der Waals surface area contributed by atoms with Gasteiger partial charge in [0.05, 0.1) is 11.7 Å². The average Bonchev–Trinajstić information content (AvgIpc) is 2.86. The van der Waals surface area contributed by atoms with E-state index in [-0.39, 0.29) is 13.0 Å². The molecule has 0 N–H and O–H groups in total. The SMILES string of the molecule is CC(=O)OC1C[C@@H](COC(=O)c2ccccc2)O[C@@H]1OC(C)=O. The molecule has 0 spiro atoms. The second-order valence-corrected chi connectivity index (χ2v) is 5.08. The molecular weight excluding hydrogens is 304 g/mol. The molecule has 1 fully saturated rings. The van der Waals surface area contributed by atoms with Crippen molar-refractivity contribution in [2.45, 2.75) is 38.8 Å². The summed E-state index contributed by atoms with van der Waals surface area (Å²) < 4.78 is 20.7. The van der Waals surface area contributed by atoms with Crippen LogP contribution < -0.4 is 0 Å². The van der Waals surface area contributed by atoms with Crippen molar-refractivity contribution in [3.63, 3.8) is 0 Å². The number of hydrogen-bond acceptors (Lipinski definition) is 7. The Balaban J connectivity index is 1.89. The molecule has 1 saturated heterocycles. The number of carbonyl (C=O) groups is 3. The van der Waals surface area contributed by atoms with Crippen LogP contribution in [-0.4, -0.2) is 43.0 Å². The first-order valence-corrected chi connectivity index (χ1v) is 7.17. The fourth-order valence-electron chi connectivity index (χ4n) is 2.22. The summed E-state index contributed by atoms with van der Waals surface area (Å²) in [5, 5.41) is 0. The first-order valence-electron chi connectivity index (χ1n) is 7.17. The molecule has 0 aromatic heterocycles. The molecule has 0 bridgehead atoms. The van der Waals surface area contributed by atoms with Crippen molar-refractivity contribution < 1.29 is 33.3 Å². The van der Waals surface area contributed by atoms with Gasteiger partial charge in [-0.1, -0.05) is 18.2 Å². The second-order valence-electron chi connectivity index (χ2n) is 5.08. The van der Waals surface area contributed by atoms with Crippen LogP contribution in [0.15, 0.2) is 30.3 Å². The minimum Gasteiger partial charge on any atom is -0.459 e. The number of esters is 3. The van der Waals surface area contributed by atoms with Gasteiger partial charge in [0.25, 0.3) is 0 Å². The quantitative estimate of drug-likeness (QED) is 0.599. The minimum atomic E-state index is -0.989. The monoisotopic (exact) mass is 322 g/mol. The molecule has 1 aliphatic rings. The van der Waals surface area contributed by atoms with E-state index in [4.69, 9.17) is 18.9 Å². The van der Waals surface area contributed by atoms with E-state index in [9.17, 15) is 14.4 Å². The lowest BCUT2D eigenvalue weighted by atomic mass is 10.2. The lowest BCUT2D eigenvalue weighted by Gasteiger charge is -2.17. The molecule has 0 saturated carbocycles. The van der Waals surface area contributed by atoms with Gasteiger partial charge in [-0.15, -0.1) is 0 Å².